The fourth-order valence-corrected chi connectivity index (χ4v) is 5.93. The van der Waals surface area contributed by atoms with Crippen LogP contribution in [0.25, 0.3) is 0 Å². The van der Waals surface area contributed by atoms with Crippen LogP contribution in [0.5, 0.6) is 0 Å². The molecule has 1 atom stereocenters. The van der Waals surface area contributed by atoms with Crippen molar-refractivity contribution in [1.29, 1.82) is 0 Å². The third kappa shape index (κ3) is 5.43. The van der Waals surface area contributed by atoms with Crippen LogP contribution in [-0.2, 0) is 21.0 Å². The molecular formula is C21H28F3N3O4S. The molecule has 3 rings (SSSR count). The van der Waals surface area contributed by atoms with Gasteiger partial charge in [-0.2, -0.15) is 17.5 Å². The average molecular weight is 476 g/mol. The highest BCUT2D eigenvalue weighted by atomic mass is 32.2. The number of halogens is 3. The maximum atomic E-state index is 13.1. The quantitative estimate of drug-likeness (QED) is 0.656. The van der Waals surface area contributed by atoms with Gasteiger partial charge in [-0.05, 0) is 43.5 Å². The van der Waals surface area contributed by atoms with Crippen LogP contribution in [0.2, 0.25) is 0 Å². The highest BCUT2D eigenvalue weighted by molar-refractivity contribution is 7.89. The molecule has 0 spiro atoms. The molecule has 0 bridgehead atoms. The summed E-state index contributed by atoms with van der Waals surface area (Å²) in [6.45, 7) is 3.10. The Hall–Kier alpha value is -2.14. The predicted molar refractivity (Wildman–Crippen MR) is 112 cm³/mol. The Balaban J connectivity index is 1.62. The van der Waals surface area contributed by atoms with E-state index in [9.17, 15) is 31.2 Å². The van der Waals surface area contributed by atoms with Crippen LogP contribution < -0.4 is 0 Å². The number of piperidine rings is 1. The average Bonchev–Trinajstić information content (AvgIpc) is 2.78. The number of amides is 2. The largest absolute Gasteiger partial charge is 0.416 e. The fourth-order valence-electron chi connectivity index (χ4n) is 4.19. The standard InChI is InChI=1S/C21H28F3N3O4S/c1-2-15-32(30,31)27-10-4-3-5-18(27)20(29)26-13-11-25(12-14-26)19(28)16-6-8-17(9-7-16)21(22,23)24/h6-9,18H,2-5,10-15H2,1H3. The minimum atomic E-state index is -4.47. The molecule has 7 nitrogen and oxygen atoms in total. The van der Waals surface area contributed by atoms with Crippen molar-refractivity contribution in [3.63, 3.8) is 0 Å². The van der Waals surface area contributed by atoms with Gasteiger partial charge in [-0.3, -0.25) is 9.59 Å². The van der Waals surface area contributed by atoms with E-state index in [4.69, 9.17) is 0 Å². The first-order valence-electron chi connectivity index (χ1n) is 10.8. The molecule has 11 heteroatoms. The maximum absolute atomic E-state index is 13.1. The Morgan fingerprint density at radius 2 is 1.56 bits per heavy atom. The number of piperazine rings is 1. The van der Waals surface area contributed by atoms with Gasteiger partial charge in [0.1, 0.15) is 6.04 Å². The van der Waals surface area contributed by atoms with E-state index in [0.29, 0.717) is 19.4 Å². The summed E-state index contributed by atoms with van der Waals surface area (Å²) in [6.07, 6.45) is -2.01. The van der Waals surface area contributed by atoms with Gasteiger partial charge in [0, 0.05) is 38.3 Å². The van der Waals surface area contributed by atoms with Gasteiger partial charge in [0.15, 0.2) is 0 Å². The zero-order valence-electron chi connectivity index (χ0n) is 18.0. The number of hydrogen-bond acceptors (Lipinski definition) is 4. The molecule has 1 aromatic rings. The van der Waals surface area contributed by atoms with Gasteiger partial charge in [0.05, 0.1) is 11.3 Å². The minimum Gasteiger partial charge on any atom is -0.338 e. The summed E-state index contributed by atoms with van der Waals surface area (Å²) in [5, 5.41) is 0. The number of carbonyl (C=O) groups is 2. The Morgan fingerprint density at radius 3 is 2.12 bits per heavy atom. The molecule has 2 aliphatic rings. The Labute approximate surface area is 186 Å². The van der Waals surface area contributed by atoms with E-state index >= 15 is 0 Å². The number of hydrogen-bond donors (Lipinski definition) is 0. The van der Waals surface area contributed by atoms with E-state index in [-0.39, 0.29) is 43.4 Å². The van der Waals surface area contributed by atoms with Crippen molar-refractivity contribution in [3.05, 3.63) is 35.4 Å². The lowest BCUT2D eigenvalue weighted by atomic mass is 10.0. The second-order valence-electron chi connectivity index (χ2n) is 8.13. The molecule has 2 aliphatic heterocycles. The SMILES string of the molecule is CCCS(=O)(=O)N1CCCCC1C(=O)N1CCN(C(=O)c2ccc(C(F)(F)F)cc2)CC1. The number of sulfonamides is 1. The lowest BCUT2D eigenvalue weighted by molar-refractivity contribution is -0.138. The van der Waals surface area contributed by atoms with Crippen molar-refractivity contribution in [2.75, 3.05) is 38.5 Å². The van der Waals surface area contributed by atoms with Gasteiger partial charge in [0.25, 0.3) is 5.91 Å². The molecule has 0 N–H and O–H groups in total. The van der Waals surface area contributed by atoms with E-state index < -0.39 is 33.7 Å². The molecule has 0 aliphatic carbocycles. The minimum absolute atomic E-state index is 0.00614. The number of alkyl halides is 3. The summed E-state index contributed by atoms with van der Waals surface area (Å²) in [4.78, 5) is 28.8. The van der Waals surface area contributed by atoms with Gasteiger partial charge < -0.3 is 9.80 Å². The van der Waals surface area contributed by atoms with Crippen molar-refractivity contribution in [1.82, 2.24) is 14.1 Å². The number of benzene rings is 1. The second kappa shape index (κ2) is 9.78. The second-order valence-corrected chi connectivity index (χ2v) is 10.2. The zero-order chi connectivity index (χ0) is 23.5. The van der Waals surface area contributed by atoms with Crippen LogP contribution in [0, 0.1) is 0 Å². The van der Waals surface area contributed by atoms with E-state index in [1.807, 2.05) is 0 Å². The van der Waals surface area contributed by atoms with Crippen molar-refractivity contribution in [2.45, 2.75) is 44.8 Å². The molecule has 0 saturated carbocycles. The monoisotopic (exact) mass is 475 g/mol. The topological polar surface area (TPSA) is 78.0 Å². The van der Waals surface area contributed by atoms with Crippen LogP contribution in [0.3, 0.4) is 0 Å². The zero-order valence-corrected chi connectivity index (χ0v) is 18.8. The predicted octanol–water partition coefficient (Wildman–Crippen LogP) is 2.58. The molecule has 2 heterocycles. The summed E-state index contributed by atoms with van der Waals surface area (Å²) < 4.78 is 64.7. The normalized spacial score (nSPS) is 20.9. The van der Waals surface area contributed by atoms with Crippen molar-refractivity contribution in [3.8, 4) is 0 Å². The summed E-state index contributed by atoms with van der Waals surface area (Å²) >= 11 is 0. The molecule has 32 heavy (non-hydrogen) atoms. The lowest BCUT2D eigenvalue weighted by Crippen LogP contribution is -2.57. The summed E-state index contributed by atoms with van der Waals surface area (Å²) in [7, 11) is -3.50. The fraction of sp³-hybridized carbons (Fsp3) is 0.619. The molecular weight excluding hydrogens is 447 g/mol. The summed E-state index contributed by atoms with van der Waals surface area (Å²) in [5.41, 5.74) is -0.665. The van der Waals surface area contributed by atoms with E-state index in [1.54, 1.807) is 11.8 Å². The highest BCUT2D eigenvalue weighted by Crippen LogP contribution is 2.29. The molecule has 0 aromatic heterocycles. The van der Waals surface area contributed by atoms with Crippen molar-refractivity contribution >= 4 is 21.8 Å². The molecule has 2 amide bonds. The van der Waals surface area contributed by atoms with E-state index in [0.717, 1.165) is 37.1 Å². The first kappa shape index (κ1) is 24.5. The Morgan fingerprint density at radius 1 is 0.969 bits per heavy atom. The van der Waals surface area contributed by atoms with Crippen LogP contribution in [0.4, 0.5) is 13.2 Å². The first-order chi connectivity index (χ1) is 15.0. The van der Waals surface area contributed by atoms with Crippen LogP contribution in [-0.4, -0.2) is 78.9 Å². The number of nitrogens with zero attached hydrogens (tertiary/aromatic N) is 3. The lowest BCUT2D eigenvalue weighted by Gasteiger charge is -2.40. The van der Waals surface area contributed by atoms with Gasteiger partial charge in [-0.1, -0.05) is 13.3 Å². The van der Waals surface area contributed by atoms with Crippen LogP contribution in [0.15, 0.2) is 24.3 Å². The molecule has 2 saturated heterocycles. The Bertz CT molecular complexity index is 927. The molecule has 0 radical (unpaired) electrons. The van der Waals surface area contributed by atoms with Gasteiger partial charge in [-0.25, -0.2) is 8.42 Å². The maximum Gasteiger partial charge on any atom is 0.416 e. The third-order valence-corrected chi connectivity index (χ3v) is 7.97. The number of carbonyl (C=O) groups excluding carboxylic acids is 2. The van der Waals surface area contributed by atoms with Crippen molar-refractivity contribution < 1.29 is 31.2 Å². The van der Waals surface area contributed by atoms with E-state index in [1.165, 1.54) is 9.21 Å². The van der Waals surface area contributed by atoms with Crippen molar-refractivity contribution in [2.24, 2.45) is 0 Å². The summed E-state index contributed by atoms with van der Waals surface area (Å²) in [6, 6.07) is 3.35. The third-order valence-electron chi connectivity index (χ3n) is 5.90. The first-order valence-corrected chi connectivity index (χ1v) is 12.4. The Kier molecular flexibility index (Phi) is 7.49. The van der Waals surface area contributed by atoms with Crippen LogP contribution >= 0.6 is 0 Å². The molecule has 2 fully saturated rings. The highest BCUT2D eigenvalue weighted by Gasteiger charge is 2.39. The smallest absolute Gasteiger partial charge is 0.338 e. The van der Waals surface area contributed by atoms with E-state index in [2.05, 4.69) is 0 Å². The van der Waals surface area contributed by atoms with Crippen LogP contribution in [0.1, 0.15) is 48.5 Å². The molecule has 178 valence electrons. The van der Waals surface area contributed by atoms with Gasteiger partial charge in [-0.15, -0.1) is 0 Å². The molecule has 1 unspecified atom stereocenters. The van der Waals surface area contributed by atoms with Gasteiger partial charge in [0.2, 0.25) is 15.9 Å². The summed E-state index contributed by atoms with van der Waals surface area (Å²) in [5.74, 6) is -0.631. The number of rotatable bonds is 5. The molecule has 1 aromatic carbocycles. The van der Waals surface area contributed by atoms with Gasteiger partial charge >= 0.3 is 6.18 Å².